The van der Waals surface area contributed by atoms with E-state index in [4.69, 9.17) is 4.74 Å². The lowest BCUT2D eigenvalue weighted by molar-refractivity contribution is -0.140. The first-order valence-corrected chi connectivity index (χ1v) is 11.7. The molecule has 3 aromatic rings. The number of ether oxygens (including phenoxy) is 1. The summed E-state index contributed by atoms with van der Waals surface area (Å²) in [6.07, 6.45) is 1.84. The summed E-state index contributed by atoms with van der Waals surface area (Å²) in [4.78, 5) is 34.8. The molecule has 9 heteroatoms. The minimum atomic E-state index is -0.839. The molecule has 2 saturated heterocycles. The molecule has 2 fully saturated rings. The number of benzene rings is 1. The molecule has 0 saturated carbocycles. The number of ketones is 1. The minimum absolute atomic E-state index is 0.0146. The van der Waals surface area contributed by atoms with E-state index >= 15 is 0 Å². The first kappa shape index (κ1) is 23.1. The zero-order chi connectivity index (χ0) is 24.7. The van der Waals surface area contributed by atoms with E-state index < -0.39 is 17.7 Å². The van der Waals surface area contributed by atoms with E-state index in [1.165, 1.54) is 17.0 Å². The number of nitrogens with zero attached hydrogens (tertiary/aromatic N) is 4. The number of imidazole rings is 1. The second kappa shape index (κ2) is 9.16. The van der Waals surface area contributed by atoms with Crippen LogP contribution in [0.25, 0.3) is 11.4 Å². The van der Waals surface area contributed by atoms with Crippen molar-refractivity contribution < 1.29 is 24.5 Å². The van der Waals surface area contributed by atoms with Gasteiger partial charge in [0.1, 0.15) is 17.1 Å². The summed E-state index contributed by atoms with van der Waals surface area (Å²) in [5.41, 5.74) is 3.04. The molecule has 1 unspecified atom stereocenters. The molecule has 182 valence electrons. The second-order valence-electron chi connectivity index (χ2n) is 8.97. The number of carbonyl (C=O) groups is 2. The van der Waals surface area contributed by atoms with Crippen molar-refractivity contribution in [3.05, 3.63) is 70.7 Å². The number of Topliss-reactive ketones (excluding diaryl/α,β-unsaturated/α-hetero) is 1. The maximum absolute atomic E-state index is 13.3. The summed E-state index contributed by atoms with van der Waals surface area (Å²) in [7, 11) is 0. The average molecular weight is 477 g/mol. The van der Waals surface area contributed by atoms with Crippen LogP contribution >= 0.6 is 0 Å². The number of fused-ring (bicyclic) bond motifs is 1. The fraction of sp³-hybridized carbons (Fsp3) is 0.346. The van der Waals surface area contributed by atoms with E-state index in [1.54, 1.807) is 12.1 Å². The molecule has 2 N–H and O–H groups in total. The fourth-order valence-corrected chi connectivity index (χ4v) is 4.90. The van der Waals surface area contributed by atoms with Crippen molar-refractivity contribution in [2.45, 2.75) is 19.9 Å². The fourth-order valence-electron chi connectivity index (χ4n) is 4.90. The van der Waals surface area contributed by atoms with Crippen LogP contribution in [-0.2, 0) is 14.3 Å². The number of rotatable bonds is 5. The number of phenols is 1. The lowest BCUT2D eigenvalue weighted by Gasteiger charge is -2.31. The molecule has 0 aliphatic carbocycles. The number of aromatic nitrogens is 2. The van der Waals surface area contributed by atoms with Gasteiger partial charge in [-0.05, 0) is 43.2 Å². The molecule has 1 amide bonds. The number of aryl methyl sites for hydroxylation is 2. The molecule has 1 atom stereocenters. The first-order valence-electron chi connectivity index (χ1n) is 11.7. The number of likely N-dealkylation sites (tertiary alicyclic amines) is 1. The number of phenolic OH excluding ortho intramolecular Hbond substituents is 1. The molecular weight excluding hydrogens is 448 g/mol. The molecule has 0 bridgehead atoms. The van der Waals surface area contributed by atoms with Crippen molar-refractivity contribution in [2.24, 2.45) is 0 Å². The number of amides is 1. The summed E-state index contributed by atoms with van der Waals surface area (Å²) in [6.45, 7) is 7.35. The van der Waals surface area contributed by atoms with Gasteiger partial charge in [-0.25, -0.2) is 4.98 Å². The minimum Gasteiger partial charge on any atom is -0.508 e. The van der Waals surface area contributed by atoms with E-state index in [2.05, 4.69) is 9.88 Å². The highest BCUT2D eigenvalue weighted by molar-refractivity contribution is 6.46. The van der Waals surface area contributed by atoms with Crippen LogP contribution in [-0.4, -0.2) is 80.5 Å². The van der Waals surface area contributed by atoms with Crippen LogP contribution < -0.4 is 0 Å². The Morgan fingerprint density at radius 1 is 1.11 bits per heavy atom. The standard InChI is InChI=1S/C26H28N4O5/c1-16-5-4-8-29-17(2)21(27-25(16)29)23(32)20-22(18-6-3-7-19(31)15-18)30(26(34)24(20)33)10-9-28-11-13-35-14-12-28/h3-8,15,22,31-32H,9-14H2,1-2H3. The highest BCUT2D eigenvalue weighted by Gasteiger charge is 2.46. The van der Waals surface area contributed by atoms with Gasteiger partial charge in [-0.1, -0.05) is 18.2 Å². The molecule has 9 nitrogen and oxygen atoms in total. The summed E-state index contributed by atoms with van der Waals surface area (Å²) in [5, 5.41) is 21.6. The number of carbonyl (C=O) groups excluding carboxylic acids is 2. The van der Waals surface area contributed by atoms with Gasteiger partial charge in [0.15, 0.2) is 5.76 Å². The molecule has 35 heavy (non-hydrogen) atoms. The summed E-state index contributed by atoms with van der Waals surface area (Å²) in [5.74, 6) is -1.73. The van der Waals surface area contributed by atoms with Crippen LogP contribution in [0.15, 0.2) is 48.2 Å². The van der Waals surface area contributed by atoms with Gasteiger partial charge in [0.05, 0.1) is 30.5 Å². The molecule has 5 rings (SSSR count). The molecule has 4 heterocycles. The van der Waals surface area contributed by atoms with Crippen molar-refractivity contribution in [2.75, 3.05) is 39.4 Å². The van der Waals surface area contributed by atoms with Gasteiger partial charge in [0.25, 0.3) is 11.7 Å². The van der Waals surface area contributed by atoms with Crippen molar-refractivity contribution in [3.63, 3.8) is 0 Å². The number of hydrogen-bond acceptors (Lipinski definition) is 7. The van der Waals surface area contributed by atoms with E-state index in [0.29, 0.717) is 43.2 Å². The Morgan fingerprint density at radius 2 is 1.89 bits per heavy atom. The topological polar surface area (TPSA) is 108 Å². The van der Waals surface area contributed by atoms with Crippen molar-refractivity contribution in [3.8, 4) is 5.75 Å². The lowest BCUT2D eigenvalue weighted by atomic mass is 9.96. The third-order valence-corrected chi connectivity index (χ3v) is 6.80. The molecule has 0 radical (unpaired) electrons. The molecule has 2 aliphatic rings. The van der Waals surface area contributed by atoms with Crippen LogP contribution in [0.5, 0.6) is 5.75 Å². The highest BCUT2D eigenvalue weighted by atomic mass is 16.5. The van der Waals surface area contributed by atoms with Gasteiger partial charge in [-0.15, -0.1) is 0 Å². The van der Waals surface area contributed by atoms with Crippen LogP contribution in [0.1, 0.15) is 28.6 Å². The Bertz CT molecular complexity index is 1340. The summed E-state index contributed by atoms with van der Waals surface area (Å²) in [6, 6.07) is 9.41. The average Bonchev–Trinajstić information content (AvgIpc) is 3.33. The second-order valence-corrected chi connectivity index (χ2v) is 8.97. The molecule has 2 aromatic heterocycles. The number of morpholine rings is 1. The van der Waals surface area contributed by atoms with Gasteiger partial charge < -0.3 is 24.3 Å². The smallest absolute Gasteiger partial charge is 0.295 e. The Balaban J connectivity index is 1.61. The van der Waals surface area contributed by atoms with E-state index in [1.807, 2.05) is 36.6 Å². The maximum Gasteiger partial charge on any atom is 0.295 e. The van der Waals surface area contributed by atoms with Crippen LogP contribution in [0, 0.1) is 13.8 Å². The molecule has 2 aliphatic heterocycles. The third kappa shape index (κ3) is 4.06. The summed E-state index contributed by atoms with van der Waals surface area (Å²) >= 11 is 0. The monoisotopic (exact) mass is 476 g/mol. The Kier molecular flexibility index (Phi) is 6.04. The maximum atomic E-state index is 13.3. The Hall–Kier alpha value is -3.69. The van der Waals surface area contributed by atoms with Gasteiger partial charge in [0, 0.05) is 32.4 Å². The van der Waals surface area contributed by atoms with E-state index in [-0.39, 0.29) is 22.8 Å². The summed E-state index contributed by atoms with van der Waals surface area (Å²) < 4.78 is 7.25. The SMILES string of the molecule is Cc1cccn2c(C)c(C(O)=C3C(=O)C(=O)N(CCN4CCOCC4)C3c3cccc(O)c3)nc12. The molecule has 1 aromatic carbocycles. The third-order valence-electron chi connectivity index (χ3n) is 6.80. The van der Waals surface area contributed by atoms with Crippen molar-refractivity contribution in [1.29, 1.82) is 0 Å². The van der Waals surface area contributed by atoms with Crippen molar-refractivity contribution >= 4 is 23.1 Å². The van der Waals surface area contributed by atoms with E-state index in [9.17, 15) is 19.8 Å². The van der Waals surface area contributed by atoms with Gasteiger partial charge >= 0.3 is 0 Å². The van der Waals surface area contributed by atoms with Gasteiger partial charge in [0.2, 0.25) is 0 Å². The van der Waals surface area contributed by atoms with Crippen LogP contribution in [0.4, 0.5) is 0 Å². The largest absolute Gasteiger partial charge is 0.508 e. The number of pyridine rings is 1. The first-order chi connectivity index (χ1) is 16.9. The zero-order valence-corrected chi connectivity index (χ0v) is 19.8. The normalized spacial score (nSPS) is 20.7. The number of aliphatic hydroxyl groups is 1. The zero-order valence-electron chi connectivity index (χ0n) is 19.8. The number of aliphatic hydroxyl groups excluding tert-OH is 1. The molecular formula is C26H28N4O5. The number of aromatic hydroxyl groups is 1. The lowest BCUT2D eigenvalue weighted by Crippen LogP contribution is -2.42. The predicted octanol–water partition coefficient (Wildman–Crippen LogP) is 2.41. The van der Waals surface area contributed by atoms with E-state index in [0.717, 1.165) is 18.7 Å². The Morgan fingerprint density at radius 3 is 2.60 bits per heavy atom. The van der Waals surface area contributed by atoms with Crippen molar-refractivity contribution in [1.82, 2.24) is 19.2 Å². The molecule has 0 spiro atoms. The predicted molar refractivity (Wildman–Crippen MR) is 129 cm³/mol. The number of hydrogen-bond donors (Lipinski definition) is 2. The Labute approximate surface area is 202 Å². The van der Waals surface area contributed by atoms with Crippen LogP contribution in [0.3, 0.4) is 0 Å². The van der Waals surface area contributed by atoms with Gasteiger partial charge in [-0.3, -0.25) is 14.5 Å². The van der Waals surface area contributed by atoms with Crippen LogP contribution in [0.2, 0.25) is 0 Å². The highest BCUT2D eigenvalue weighted by Crippen LogP contribution is 2.40. The quantitative estimate of drug-likeness (QED) is 0.331. The van der Waals surface area contributed by atoms with Gasteiger partial charge in [-0.2, -0.15) is 0 Å².